The molecule has 0 aliphatic carbocycles. The molecule has 1 amide bonds. The fourth-order valence-corrected chi connectivity index (χ4v) is 4.80. The Labute approximate surface area is 233 Å². The zero-order valence-electron chi connectivity index (χ0n) is 20.1. The number of ether oxygens (including phenoxy) is 2. The minimum Gasteiger partial charge on any atom is -0.493 e. The van der Waals surface area contributed by atoms with Crippen molar-refractivity contribution in [1.82, 2.24) is 5.32 Å². The van der Waals surface area contributed by atoms with Gasteiger partial charge in [0.1, 0.15) is 6.61 Å². The summed E-state index contributed by atoms with van der Waals surface area (Å²) >= 11 is 13.4. The Bertz CT molecular complexity index is 1490. The number of amidine groups is 1. The van der Waals surface area contributed by atoms with Crippen LogP contribution in [0.5, 0.6) is 11.5 Å². The van der Waals surface area contributed by atoms with Gasteiger partial charge < -0.3 is 14.8 Å². The van der Waals surface area contributed by atoms with E-state index in [4.69, 9.17) is 32.7 Å². The predicted molar refractivity (Wildman–Crippen MR) is 152 cm³/mol. The molecule has 1 aliphatic heterocycles. The van der Waals surface area contributed by atoms with Gasteiger partial charge in [-0.1, -0.05) is 47.5 Å². The SMILES string of the molecule is C=CCc1cc(/C=C2\SC(=Nc3cccc(Cl)c3Cl)NC2=O)cc(OC)c1OCc1cccc([N+](=O)[O-])c1. The lowest BCUT2D eigenvalue weighted by atomic mass is 10.0. The minimum absolute atomic E-state index is 0.0146. The first-order valence-electron chi connectivity index (χ1n) is 11.2. The van der Waals surface area contributed by atoms with Crippen LogP contribution in [0.25, 0.3) is 6.08 Å². The quantitative estimate of drug-likeness (QED) is 0.127. The second-order valence-electron chi connectivity index (χ2n) is 7.97. The van der Waals surface area contributed by atoms with Gasteiger partial charge in [0, 0.05) is 17.7 Å². The summed E-state index contributed by atoms with van der Waals surface area (Å²) in [6.45, 7) is 3.92. The van der Waals surface area contributed by atoms with E-state index in [-0.39, 0.29) is 18.2 Å². The Kier molecular flexibility index (Phi) is 8.73. The summed E-state index contributed by atoms with van der Waals surface area (Å²) in [5.74, 6) is 0.634. The van der Waals surface area contributed by atoms with E-state index in [1.54, 1.807) is 48.6 Å². The number of hydrogen-bond donors (Lipinski definition) is 1. The van der Waals surface area contributed by atoms with E-state index in [2.05, 4.69) is 16.9 Å². The largest absolute Gasteiger partial charge is 0.493 e. The Morgan fingerprint density at radius 1 is 1.18 bits per heavy atom. The van der Waals surface area contributed by atoms with Gasteiger partial charge in [0.25, 0.3) is 11.6 Å². The van der Waals surface area contributed by atoms with Crippen LogP contribution in [0.15, 0.2) is 77.1 Å². The van der Waals surface area contributed by atoms with E-state index in [1.165, 1.54) is 31.0 Å². The lowest BCUT2D eigenvalue weighted by molar-refractivity contribution is -0.384. The molecule has 194 valence electrons. The van der Waals surface area contributed by atoms with Gasteiger partial charge in [-0.15, -0.1) is 6.58 Å². The highest BCUT2D eigenvalue weighted by molar-refractivity contribution is 8.18. The van der Waals surface area contributed by atoms with Crippen molar-refractivity contribution in [3.8, 4) is 11.5 Å². The highest BCUT2D eigenvalue weighted by Crippen LogP contribution is 2.37. The van der Waals surface area contributed by atoms with E-state index in [1.807, 2.05) is 6.07 Å². The van der Waals surface area contributed by atoms with Gasteiger partial charge in [-0.3, -0.25) is 14.9 Å². The number of nitro benzene ring substituents is 1. The van der Waals surface area contributed by atoms with Gasteiger partial charge >= 0.3 is 0 Å². The first kappa shape index (κ1) is 27.3. The van der Waals surface area contributed by atoms with Crippen LogP contribution in [-0.2, 0) is 17.8 Å². The number of carbonyl (C=O) groups is 1. The fourth-order valence-electron chi connectivity index (χ4n) is 3.62. The number of thioether (sulfide) groups is 1. The van der Waals surface area contributed by atoms with Crippen molar-refractivity contribution in [2.24, 2.45) is 4.99 Å². The number of aliphatic imine (C=N–C) groups is 1. The Hall–Kier alpha value is -3.79. The molecule has 1 fully saturated rings. The second kappa shape index (κ2) is 12.2. The molecule has 8 nitrogen and oxygen atoms in total. The summed E-state index contributed by atoms with van der Waals surface area (Å²) in [4.78, 5) is 28.1. The number of nitrogens with one attached hydrogen (secondary N) is 1. The van der Waals surface area contributed by atoms with Crippen molar-refractivity contribution < 1.29 is 19.2 Å². The highest BCUT2D eigenvalue weighted by Gasteiger charge is 2.25. The van der Waals surface area contributed by atoms with Gasteiger partial charge in [-0.25, -0.2) is 4.99 Å². The molecule has 38 heavy (non-hydrogen) atoms. The molecule has 1 aliphatic rings. The number of halogens is 2. The number of amides is 1. The standard InChI is InChI=1S/C27H21Cl2N3O5S/c1-3-6-18-11-17(13-22(36-2)25(18)37-15-16-7-4-8-19(12-16)32(34)35)14-23-26(33)31-27(38-23)30-21-10-5-9-20(28)24(21)29/h3-5,7-14H,1,6,15H2,2H3,(H,30,31,33)/b23-14-. The molecule has 0 unspecified atom stereocenters. The van der Waals surface area contributed by atoms with Gasteiger partial charge in [0.2, 0.25) is 0 Å². The Balaban J connectivity index is 1.61. The molecule has 3 aromatic carbocycles. The first-order chi connectivity index (χ1) is 18.3. The zero-order chi connectivity index (χ0) is 27.2. The number of nitrogens with zero attached hydrogens (tertiary/aromatic N) is 2. The van der Waals surface area contributed by atoms with Crippen LogP contribution >= 0.6 is 35.0 Å². The molecule has 0 spiro atoms. The summed E-state index contributed by atoms with van der Waals surface area (Å²) in [7, 11) is 1.51. The first-order valence-corrected chi connectivity index (χ1v) is 12.8. The van der Waals surface area contributed by atoms with Crippen LogP contribution in [0.1, 0.15) is 16.7 Å². The molecule has 11 heteroatoms. The molecule has 0 saturated carbocycles. The average Bonchev–Trinajstić information content (AvgIpc) is 3.24. The van der Waals surface area contributed by atoms with Crippen LogP contribution in [0.4, 0.5) is 11.4 Å². The van der Waals surface area contributed by atoms with Crippen molar-refractivity contribution in [3.63, 3.8) is 0 Å². The molecule has 0 bridgehead atoms. The van der Waals surface area contributed by atoms with Crippen LogP contribution in [0, 0.1) is 10.1 Å². The third-order valence-electron chi connectivity index (χ3n) is 5.34. The van der Waals surface area contributed by atoms with Crippen LogP contribution in [0.2, 0.25) is 10.0 Å². The smallest absolute Gasteiger partial charge is 0.269 e. The number of hydrogen-bond acceptors (Lipinski definition) is 7. The lowest BCUT2D eigenvalue weighted by Crippen LogP contribution is -2.19. The van der Waals surface area contributed by atoms with Crippen molar-refractivity contribution in [1.29, 1.82) is 0 Å². The fraction of sp³-hybridized carbons (Fsp3) is 0.111. The molecule has 3 aromatic rings. The van der Waals surface area contributed by atoms with E-state index in [9.17, 15) is 14.9 Å². The van der Waals surface area contributed by atoms with E-state index in [0.717, 1.165) is 5.56 Å². The minimum atomic E-state index is -0.452. The maximum absolute atomic E-state index is 12.6. The van der Waals surface area contributed by atoms with E-state index in [0.29, 0.717) is 54.9 Å². The molecule has 1 heterocycles. The van der Waals surface area contributed by atoms with E-state index < -0.39 is 4.92 Å². The molecule has 0 aromatic heterocycles. The normalized spacial score (nSPS) is 15.0. The van der Waals surface area contributed by atoms with Crippen LogP contribution in [-0.4, -0.2) is 23.1 Å². The number of rotatable bonds is 9. The second-order valence-corrected chi connectivity index (χ2v) is 9.79. The van der Waals surface area contributed by atoms with Crippen molar-refractivity contribution in [3.05, 3.63) is 109 Å². The number of carbonyl (C=O) groups excluding carboxylic acids is 1. The maximum atomic E-state index is 12.6. The number of allylic oxidation sites excluding steroid dienone is 1. The summed E-state index contributed by atoms with van der Waals surface area (Å²) in [6, 6.07) is 14.9. The van der Waals surface area contributed by atoms with E-state index >= 15 is 0 Å². The summed E-state index contributed by atoms with van der Waals surface area (Å²) in [6.07, 6.45) is 3.92. The zero-order valence-corrected chi connectivity index (χ0v) is 22.4. The third-order valence-corrected chi connectivity index (χ3v) is 7.06. The molecule has 0 atom stereocenters. The summed E-state index contributed by atoms with van der Waals surface area (Å²) in [5, 5.41) is 14.9. The number of methoxy groups -OCH3 is 1. The molecular weight excluding hydrogens is 549 g/mol. The van der Waals surface area contributed by atoms with Crippen molar-refractivity contribution in [2.45, 2.75) is 13.0 Å². The number of benzene rings is 3. The topological polar surface area (TPSA) is 103 Å². The number of non-ortho nitro benzene ring substituents is 1. The van der Waals surface area contributed by atoms with Crippen molar-refractivity contribution >= 4 is 63.5 Å². The molecule has 0 radical (unpaired) electrons. The Morgan fingerprint density at radius 2 is 1.97 bits per heavy atom. The maximum Gasteiger partial charge on any atom is 0.269 e. The summed E-state index contributed by atoms with van der Waals surface area (Å²) in [5.41, 5.74) is 2.56. The lowest BCUT2D eigenvalue weighted by Gasteiger charge is -2.16. The predicted octanol–water partition coefficient (Wildman–Crippen LogP) is 7.11. The van der Waals surface area contributed by atoms with Crippen LogP contribution < -0.4 is 14.8 Å². The van der Waals surface area contributed by atoms with Gasteiger partial charge in [-0.2, -0.15) is 0 Å². The third kappa shape index (κ3) is 6.36. The van der Waals surface area contributed by atoms with Crippen LogP contribution in [0.3, 0.4) is 0 Å². The molecule has 4 rings (SSSR count). The Morgan fingerprint density at radius 3 is 2.71 bits per heavy atom. The molecular formula is C27H21Cl2N3O5S. The molecule has 1 saturated heterocycles. The van der Waals surface area contributed by atoms with Gasteiger partial charge in [0.05, 0.1) is 32.7 Å². The van der Waals surface area contributed by atoms with Gasteiger partial charge in [0.15, 0.2) is 16.7 Å². The molecule has 1 N–H and O–H groups in total. The monoisotopic (exact) mass is 569 g/mol. The number of nitro groups is 1. The highest BCUT2D eigenvalue weighted by atomic mass is 35.5. The summed E-state index contributed by atoms with van der Waals surface area (Å²) < 4.78 is 11.6. The average molecular weight is 570 g/mol. The van der Waals surface area contributed by atoms with Gasteiger partial charge in [-0.05, 0) is 59.7 Å². The van der Waals surface area contributed by atoms with Crippen molar-refractivity contribution in [2.75, 3.05) is 7.11 Å².